The van der Waals surface area contributed by atoms with E-state index >= 15 is 0 Å². The molecule has 0 saturated heterocycles. The van der Waals surface area contributed by atoms with Crippen molar-refractivity contribution in [2.45, 2.75) is 94.9 Å². The lowest BCUT2D eigenvalue weighted by molar-refractivity contribution is 0.113. The van der Waals surface area contributed by atoms with E-state index in [0.29, 0.717) is 23.6 Å². The van der Waals surface area contributed by atoms with Gasteiger partial charge in [0.1, 0.15) is 34.5 Å². The second-order valence-corrected chi connectivity index (χ2v) is 18.1. The number of alkyl halides is 2. The molecule has 4 aliphatic rings. The van der Waals surface area contributed by atoms with E-state index in [-0.39, 0.29) is 7.43 Å². The summed E-state index contributed by atoms with van der Waals surface area (Å²) in [7, 11) is 6.84. The first-order chi connectivity index (χ1) is 31.2. The van der Waals surface area contributed by atoms with Crippen LogP contribution in [0.4, 0.5) is 0 Å². The first-order valence-corrected chi connectivity index (χ1v) is 24.4. The highest BCUT2D eigenvalue weighted by Crippen LogP contribution is 2.41. The second kappa shape index (κ2) is 22.0. The molecule has 2 aliphatic heterocycles. The van der Waals surface area contributed by atoms with Crippen LogP contribution in [0.2, 0.25) is 0 Å². The number of fused-ring (bicyclic) bond motifs is 6. The van der Waals surface area contributed by atoms with Gasteiger partial charge in [-0.2, -0.15) is 0 Å². The third-order valence-electron chi connectivity index (χ3n) is 13.3. The maximum atomic E-state index is 9.81. The average molecular weight is 1010 g/mol. The molecule has 0 unspecified atom stereocenters. The highest BCUT2D eigenvalue weighted by atomic mass is 79.9. The highest BCUT2D eigenvalue weighted by Gasteiger charge is 2.30. The summed E-state index contributed by atoms with van der Waals surface area (Å²) in [5.74, 6) is 4.27. The molecule has 2 N–H and O–H groups in total. The number of halogens is 2. The van der Waals surface area contributed by atoms with Gasteiger partial charge in [-0.25, -0.2) is 0 Å². The van der Waals surface area contributed by atoms with Crippen LogP contribution in [0, 0.1) is 0 Å². The Labute approximate surface area is 402 Å². The number of rotatable bonds is 9. The fraction of sp³-hybridized carbons (Fsp3) is 0.345. The van der Waals surface area contributed by atoms with Crippen molar-refractivity contribution >= 4 is 31.9 Å². The Bertz CT molecular complexity index is 2410. The normalized spacial score (nSPS) is 15.4. The summed E-state index contributed by atoms with van der Waals surface area (Å²) >= 11 is 7.10. The lowest BCUT2D eigenvalue weighted by atomic mass is 9.91. The largest absolute Gasteiger partial charge is 0.508 e. The maximum absolute atomic E-state index is 9.81. The summed E-state index contributed by atoms with van der Waals surface area (Å²) in [5, 5.41) is 21.2. The number of aromatic hydroxyl groups is 2. The van der Waals surface area contributed by atoms with Crippen molar-refractivity contribution in [3.63, 3.8) is 0 Å². The monoisotopic (exact) mass is 1000 g/mol. The Morgan fingerprint density at radius 3 is 1.02 bits per heavy atom. The average Bonchev–Trinajstić information content (AvgIpc) is 3.53. The predicted octanol–water partition coefficient (Wildman–Crippen LogP) is 13.7. The summed E-state index contributed by atoms with van der Waals surface area (Å²) < 4.78 is 21.5. The Kier molecular flexibility index (Phi) is 16.2. The molecular formula is C55H62Br2N2O6. The molecular weight excluding hydrogens is 944 g/mol. The number of benzene rings is 6. The summed E-state index contributed by atoms with van der Waals surface area (Å²) in [6, 6.07) is 37.8. The van der Waals surface area contributed by atoms with Crippen LogP contribution in [0.5, 0.6) is 34.5 Å². The minimum absolute atomic E-state index is 0. The molecule has 0 atom stereocenters. The zero-order chi connectivity index (χ0) is 44.7. The van der Waals surface area contributed by atoms with Crippen molar-refractivity contribution in [2.24, 2.45) is 0 Å². The van der Waals surface area contributed by atoms with Crippen molar-refractivity contribution < 1.29 is 29.2 Å². The van der Waals surface area contributed by atoms with Gasteiger partial charge in [0.25, 0.3) is 0 Å². The predicted molar refractivity (Wildman–Crippen MR) is 271 cm³/mol. The van der Waals surface area contributed by atoms with Crippen LogP contribution in [0.3, 0.4) is 0 Å². The number of hydrogen-bond donors (Lipinski definition) is 2. The van der Waals surface area contributed by atoms with E-state index in [9.17, 15) is 10.2 Å². The molecule has 2 heterocycles. The molecule has 8 nitrogen and oxygen atoms in total. The summed E-state index contributed by atoms with van der Waals surface area (Å²) in [6.45, 7) is 3.72. The van der Waals surface area contributed by atoms with E-state index in [0.717, 1.165) is 59.8 Å². The van der Waals surface area contributed by atoms with Crippen LogP contribution < -0.4 is 18.9 Å². The number of hydrogen-bond acceptors (Lipinski definition) is 8. The Morgan fingerprint density at radius 1 is 0.431 bits per heavy atom. The SMILES string of the molecule is C.COc1ccc(-c2ccc(OC)cc2CBr)c(CBr)c1.COc1ccc2c(c1)CN(C1CCC1)Cc1cc(OC)ccc1-2.Oc1ccc2c(c1)CN(C1CCC1)Cc1cc(O)ccc1-2. The molecule has 0 bridgehead atoms. The van der Waals surface area contributed by atoms with Gasteiger partial charge in [0.05, 0.1) is 28.4 Å². The fourth-order valence-corrected chi connectivity index (χ4v) is 10.2. The minimum atomic E-state index is 0. The van der Waals surface area contributed by atoms with Crippen LogP contribution >= 0.6 is 31.9 Å². The van der Waals surface area contributed by atoms with Gasteiger partial charge in [-0.05, 0) is 165 Å². The summed E-state index contributed by atoms with van der Waals surface area (Å²) in [6.07, 6.45) is 7.81. The van der Waals surface area contributed by atoms with Crippen LogP contribution in [-0.4, -0.2) is 60.5 Å². The van der Waals surface area contributed by atoms with E-state index in [4.69, 9.17) is 18.9 Å². The van der Waals surface area contributed by atoms with E-state index < -0.39 is 0 Å². The first-order valence-electron chi connectivity index (χ1n) is 22.1. The van der Waals surface area contributed by atoms with Crippen LogP contribution in [0.15, 0.2) is 109 Å². The lowest BCUT2D eigenvalue weighted by Crippen LogP contribution is -2.38. The number of nitrogens with zero attached hydrogens (tertiary/aromatic N) is 2. The molecule has 0 radical (unpaired) electrons. The molecule has 342 valence electrons. The second-order valence-electron chi connectivity index (χ2n) is 17.0. The molecule has 6 aromatic rings. The smallest absolute Gasteiger partial charge is 0.119 e. The van der Waals surface area contributed by atoms with Crippen molar-refractivity contribution in [2.75, 3.05) is 28.4 Å². The van der Waals surface area contributed by atoms with Gasteiger partial charge in [-0.1, -0.05) is 88.5 Å². The molecule has 0 amide bonds. The Hall–Kier alpha value is -5.00. The summed E-state index contributed by atoms with van der Waals surface area (Å²) in [4.78, 5) is 5.10. The molecule has 65 heavy (non-hydrogen) atoms. The van der Waals surface area contributed by atoms with E-state index in [2.05, 4.69) is 102 Å². The van der Waals surface area contributed by atoms with Crippen molar-refractivity contribution in [3.05, 3.63) is 143 Å². The van der Waals surface area contributed by atoms with Gasteiger partial charge in [0, 0.05) is 48.9 Å². The minimum Gasteiger partial charge on any atom is -0.508 e. The van der Waals surface area contributed by atoms with Gasteiger partial charge >= 0.3 is 0 Å². The molecule has 2 saturated carbocycles. The molecule has 6 aromatic carbocycles. The zero-order valence-corrected chi connectivity index (χ0v) is 40.4. The highest BCUT2D eigenvalue weighted by molar-refractivity contribution is 9.08. The molecule has 2 aliphatic carbocycles. The number of phenols is 2. The summed E-state index contributed by atoms with van der Waals surface area (Å²) in [5.41, 5.74) is 14.9. The van der Waals surface area contributed by atoms with Crippen LogP contribution in [0.25, 0.3) is 33.4 Å². The Balaban J connectivity index is 0.000000145. The van der Waals surface area contributed by atoms with Crippen LogP contribution in [-0.2, 0) is 36.8 Å². The topological polar surface area (TPSA) is 83.9 Å². The van der Waals surface area contributed by atoms with Gasteiger partial charge < -0.3 is 29.2 Å². The quantitative estimate of drug-likeness (QED) is 0.139. The van der Waals surface area contributed by atoms with Crippen molar-refractivity contribution in [3.8, 4) is 67.9 Å². The van der Waals surface area contributed by atoms with E-state index in [1.165, 1.54) is 105 Å². The van der Waals surface area contributed by atoms with Gasteiger partial charge in [0.2, 0.25) is 0 Å². The van der Waals surface area contributed by atoms with Gasteiger partial charge in [-0.3, -0.25) is 9.80 Å². The third-order valence-corrected chi connectivity index (χ3v) is 14.5. The number of ether oxygens (including phenoxy) is 4. The number of methoxy groups -OCH3 is 4. The molecule has 0 aromatic heterocycles. The van der Waals surface area contributed by atoms with Gasteiger partial charge in [0.15, 0.2) is 0 Å². The lowest BCUT2D eigenvalue weighted by Gasteiger charge is -2.37. The fourth-order valence-electron chi connectivity index (χ4n) is 9.28. The van der Waals surface area contributed by atoms with Crippen LogP contribution in [0.1, 0.15) is 79.3 Å². The molecule has 2 fully saturated rings. The molecule has 0 spiro atoms. The number of phenolic OH excluding ortho intramolecular Hbond substituents is 2. The zero-order valence-electron chi connectivity index (χ0n) is 37.2. The first kappa shape index (κ1) is 47.9. The van der Waals surface area contributed by atoms with Crippen molar-refractivity contribution in [1.29, 1.82) is 0 Å². The Morgan fingerprint density at radius 2 is 0.723 bits per heavy atom. The maximum Gasteiger partial charge on any atom is 0.119 e. The molecule has 10 heteroatoms. The standard InChI is InChI=1S/C20H23NO2.C18H19NO2.C16H16Br2O2.CH4/c1-22-17-6-8-19-14(10-17)12-21(16-4-3-5-16)13-15-11-18(23-2)7-9-20(15)19;20-15-4-6-17-12(8-15)10-19(14-2-1-3-14)11-13-9-16(21)5-7-18(13)17;1-19-13-3-5-15(11(7-13)9-17)16-6-4-14(20-2)8-12(16)10-18;/h6-11,16H,3-5,12-13H2,1-2H3;4-9,14,20-21H,1-3,10-11H2;3-8H,9-10H2,1-2H3;1H4. The van der Waals surface area contributed by atoms with E-state index in [1.807, 2.05) is 36.4 Å². The van der Waals surface area contributed by atoms with E-state index in [1.54, 1.807) is 40.6 Å². The van der Waals surface area contributed by atoms with Gasteiger partial charge in [-0.15, -0.1) is 0 Å². The van der Waals surface area contributed by atoms with Crippen molar-refractivity contribution in [1.82, 2.24) is 9.80 Å². The third kappa shape index (κ3) is 10.8. The molecule has 10 rings (SSSR count).